The molecule has 2 rings (SSSR count). The maximum absolute atomic E-state index is 11.3. The third-order valence-corrected chi connectivity index (χ3v) is 3.58. The monoisotopic (exact) mass is 321 g/mol. The number of carbonyl (C=O) groups is 1. The number of amides is 1. The van der Waals surface area contributed by atoms with Crippen LogP contribution in [0.5, 0.6) is 0 Å². The van der Waals surface area contributed by atoms with E-state index in [-0.39, 0.29) is 17.0 Å². The highest BCUT2D eigenvalue weighted by molar-refractivity contribution is 6.33. The van der Waals surface area contributed by atoms with Gasteiger partial charge in [-0.1, -0.05) is 32.4 Å². The second kappa shape index (κ2) is 6.01. The van der Waals surface area contributed by atoms with Crippen LogP contribution < -0.4 is 11.1 Å². The highest BCUT2D eigenvalue weighted by Crippen LogP contribution is 2.27. The third kappa shape index (κ3) is 3.60. The van der Waals surface area contributed by atoms with Crippen LogP contribution in [0, 0.1) is 0 Å². The summed E-state index contributed by atoms with van der Waals surface area (Å²) in [6.07, 6.45) is 1.74. The molecule has 0 saturated heterocycles. The molecule has 0 aliphatic heterocycles. The minimum atomic E-state index is -0.563. The van der Waals surface area contributed by atoms with Crippen LogP contribution in [0.25, 0.3) is 0 Å². The summed E-state index contributed by atoms with van der Waals surface area (Å²) in [6.45, 7) is 8.12. The first-order chi connectivity index (χ1) is 10.2. The van der Waals surface area contributed by atoms with E-state index in [0.29, 0.717) is 10.9 Å². The number of primary amides is 1. The molecular formula is C16H20ClN3O2. The number of aromatic nitrogens is 1. The zero-order chi connectivity index (χ0) is 16.5. The number of nitrogens with one attached hydrogen (secondary N) is 1. The van der Waals surface area contributed by atoms with Crippen molar-refractivity contribution in [2.24, 2.45) is 5.73 Å². The van der Waals surface area contributed by atoms with Crippen LogP contribution in [-0.4, -0.2) is 10.9 Å². The van der Waals surface area contributed by atoms with Crippen molar-refractivity contribution < 1.29 is 9.21 Å². The predicted molar refractivity (Wildman–Crippen MR) is 87.2 cm³/mol. The van der Waals surface area contributed by atoms with Crippen molar-refractivity contribution in [2.75, 3.05) is 5.32 Å². The van der Waals surface area contributed by atoms with Gasteiger partial charge in [-0.15, -0.1) is 0 Å². The molecular weight excluding hydrogens is 302 g/mol. The average molecular weight is 322 g/mol. The predicted octanol–water partition coefficient (Wildman–Crippen LogP) is 3.90. The van der Waals surface area contributed by atoms with Crippen molar-refractivity contribution in [1.82, 2.24) is 4.98 Å². The smallest absolute Gasteiger partial charge is 0.250 e. The van der Waals surface area contributed by atoms with Gasteiger partial charge in [-0.2, -0.15) is 0 Å². The summed E-state index contributed by atoms with van der Waals surface area (Å²) < 4.78 is 5.79. The van der Waals surface area contributed by atoms with Crippen LogP contribution in [0.2, 0.25) is 5.02 Å². The number of hydrogen-bond donors (Lipinski definition) is 2. The van der Waals surface area contributed by atoms with Crippen LogP contribution in [0.1, 0.15) is 55.7 Å². The lowest BCUT2D eigenvalue weighted by Crippen LogP contribution is -2.13. The number of carbonyl (C=O) groups excluding carboxylic acids is 1. The van der Waals surface area contributed by atoms with Crippen LogP contribution >= 0.6 is 11.6 Å². The molecule has 0 spiro atoms. The molecule has 1 aromatic carbocycles. The van der Waals surface area contributed by atoms with E-state index in [4.69, 9.17) is 21.8 Å². The normalized spacial score (nSPS) is 13.0. The van der Waals surface area contributed by atoms with E-state index in [9.17, 15) is 4.79 Å². The van der Waals surface area contributed by atoms with E-state index in [2.05, 4.69) is 31.1 Å². The van der Waals surface area contributed by atoms with Gasteiger partial charge in [0, 0.05) is 11.1 Å². The van der Waals surface area contributed by atoms with Gasteiger partial charge in [0.2, 0.25) is 11.8 Å². The minimum absolute atomic E-state index is 0.0929. The van der Waals surface area contributed by atoms with Crippen LogP contribution in [0.15, 0.2) is 28.8 Å². The Hall–Kier alpha value is -2.01. The van der Waals surface area contributed by atoms with Gasteiger partial charge in [0.1, 0.15) is 11.8 Å². The molecule has 118 valence electrons. The molecule has 1 atom stereocenters. The zero-order valence-corrected chi connectivity index (χ0v) is 13.9. The molecule has 0 fully saturated rings. The van der Waals surface area contributed by atoms with Gasteiger partial charge in [-0.3, -0.25) is 4.79 Å². The zero-order valence-electron chi connectivity index (χ0n) is 13.1. The Bertz CT molecular complexity index is 689. The van der Waals surface area contributed by atoms with E-state index in [1.165, 1.54) is 0 Å². The molecule has 0 bridgehead atoms. The SMILES string of the molecule is C[C@H](Nc1ccc(Cl)c(C(N)=O)c1)c1ncc(C(C)(C)C)o1. The lowest BCUT2D eigenvalue weighted by molar-refractivity contribution is 0.100. The summed E-state index contributed by atoms with van der Waals surface area (Å²) in [6, 6.07) is 4.87. The van der Waals surface area contributed by atoms with E-state index < -0.39 is 5.91 Å². The lowest BCUT2D eigenvalue weighted by atomic mass is 9.94. The maximum atomic E-state index is 11.3. The first kappa shape index (κ1) is 16.4. The van der Waals surface area contributed by atoms with Crippen molar-refractivity contribution in [3.05, 3.63) is 46.6 Å². The standard InChI is InChI=1S/C16H20ClN3O2/c1-9(15-19-8-13(22-15)16(2,3)4)20-10-5-6-12(17)11(7-10)14(18)21/h5-9,20H,1-4H3,(H2,18,21)/t9-/m0/s1. The average Bonchev–Trinajstić information content (AvgIpc) is 2.90. The van der Waals surface area contributed by atoms with Gasteiger partial charge < -0.3 is 15.5 Å². The second-order valence-electron chi connectivity index (χ2n) is 6.24. The molecule has 6 heteroatoms. The Labute approximate surface area is 134 Å². The van der Waals surface area contributed by atoms with Crippen LogP contribution in [-0.2, 0) is 5.41 Å². The molecule has 0 aliphatic rings. The Morgan fingerprint density at radius 2 is 2.09 bits per heavy atom. The van der Waals surface area contributed by atoms with Gasteiger partial charge in [-0.25, -0.2) is 4.98 Å². The van der Waals surface area contributed by atoms with Crippen molar-refractivity contribution in [3.63, 3.8) is 0 Å². The largest absolute Gasteiger partial charge is 0.443 e. The Kier molecular flexibility index (Phi) is 4.47. The highest BCUT2D eigenvalue weighted by Gasteiger charge is 2.21. The number of rotatable bonds is 4. The fourth-order valence-electron chi connectivity index (χ4n) is 1.95. The molecule has 22 heavy (non-hydrogen) atoms. The van der Waals surface area contributed by atoms with Gasteiger partial charge in [0.05, 0.1) is 16.8 Å². The molecule has 1 amide bonds. The summed E-state index contributed by atoms with van der Waals surface area (Å²) in [4.78, 5) is 15.6. The summed E-state index contributed by atoms with van der Waals surface area (Å²) in [5.41, 5.74) is 6.20. The summed E-state index contributed by atoms with van der Waals surface area (Å²) in [5, 5.41) is 3.55. The molecule has 1 aromatic heterocycles. The van der Waals surface area contributed by atoms with Crippen LogP contribution in [0.3, 0.4) is 0 Å². The maximum Gasteiger partial charge on any atom is 0.250 e. The number of nitrogens with two attached hydrogens (primary N) is 1. The first-order valence-corrected chi connectivity index (χ1v) is 7.38. The second-order valence-corrected chi connectivity index (χ2v) is 6.64. The number of oxazole rings is 1. The summed E-state index contributed by atoms with van der Waals surface area (Å²) in [7, 11) is 0. The van der Waals surface area contributed by atoms with E-state index in [1.54, 1.807) is 24.4 Å². The molecule has 0 aliphatic carbocycles. The number of anilines is 1. The van der Waals surface area contributed by atoms with Crippen molar-refractivity contribution in [2.45, 2.75) is 39.2 Å². The minimum Gasteiger partial charge on any atom is -0.443 e. The summed E-state index contributed by atoms with van der Waals surface area (Å²) in [5.74, 6) is 0.845. The molecule has 0 radical (unpaired) electrons. The van der Waals surface area contributed by atoms with Crippen molar-refractivity contribution in [3.8, 4) is 0 Å². The molecule has 0 unspecified atom stereocenters. The third-order valence-electron chi connectivity index (χ3n) is 3.25. The Morgan fingerprint density at radius 1 is 1.41 bits per heavy atom. The molecule has 1 heterocycles. The Balaban J connectivity index is 2.18. The van der Waals surface area contributed by atoms with Crippen LogP contribution in [0.4, 0.5) is 5.69 Å². The number of benzene rings is 1. The lowest BCUT2D eigenvalue weighted by Gasteiger charge is -2.15. The first-order valence-electron chi connectivity index (χ1n) is 7.00. The van der Waals surface area contributed by atoms with E-state index in [1.807, 2.05) is 6.92 Å². The number of nitrogens with zero attached hydrogens (tertiary/aromatic N) is 1. The van der Waals surface area contributed by atoms with Gasteiger partial charge >= 0.3 is 0 Å². The van der Waals surface area contributed by atoms with E-state index >= 15 is 0 Å². The van der Waals surface area contributed by atoms with Gasteiger partial charge in [-0.05, 0) is 25.1 Å². The number of halogens is 1. The molecule has 5 nitrogen and oxygen atoms in total. The van der Waals surface area contributed by atoms with Gasteiger partial charge in [0.15, 0.2) is 0 Å². The molecule has 0 saturated carbocycles. The van der Waals surface area contributed by atoms with Crippen molar-refractivity contribution in [1.29, 1.82) is 0 Å². The van der Waals surface area contributed by atoms with E-state index in [0.717, 1.165) is 11.4 Å². The summed E-state index contributed by atoms with van der Waals surface area (Å²) >= 11 is 5.94. The topological polar surface area (TPSA) is 81.1 Å². The highest BCUT2D eigenvalue weighted by atomic mass is 35.5. The molecule has 3 N–H and O–H groups in total. The number of hydrogen-bond acceptors (Lipinski definition) is 4. The van der Waals surface area contributed by atoms with Gasteiger partial charge in [0.25, 0.3) is 0 Å². The van der Waals surface area contributed by atoms with Crippen molar-refractivity contribution >= 4 is 23.2 Å². The fourth-order valence-corrected chi connectivity index (χ4v) is 2.16. The molecule has 2 aromatic rings. The fraction of sp³-hybridized carbons (Fsp3) is 0.375. The Morgan fingerprint density at radius 3 is 2.64 bits per heavy atom. The quantitative estimate of drug-likeness (QED) is 0.894.